The Morgan fingerprint density at radius 2 is 1.93 bits per heavy atom. The lowest BCUT2D eigenvalue weighted by atomic mass is 10.1. The molecule has 0 spiro atoms. The maximum Gasteiger partial charge on any atom is 0.228 e. The molecule has 1 aliphatic heterocycles. The number of nitrogens with zero attached hydrogens (tertiary/aromatic N) is 2. The molecule has 5 nitrogen and oxygen atoms in total. The second-order valence-corrected chi connectivity index (χ2v) is 6.92. The molecule has 0 unspecified atom stereocenters. The van der Waals surface area contributed by atoms with Gasteiger partial charge in [0.2, 0.25) is 5.91 Å². The van der Waals surface area contributed by atoms with Crippen molar-refractivity contribution in [3.05, 3.63) is 84.2 Å². The molecule has 4 aromatic rings. The van der Waals surface area contributed by atoms with Gasteiger partial charge in [-0.25, -0.2) is 4.98 Å². The van der Waals surface area contributed by atoms with Gasteiger partial charge in [0.15, 0.2) is 0 Å². The lowest BCUT2D eigenvalue weighted by molar-refractivity contribution is -0.115. The molecule has 1 N–H and O–H groups in total. The Bertz CT molecular complexity index is 1160. The van der Waals surface area contributed by atoms with Crippen LogP contribution in [0.4, 0.5) is 5.69 Å². The highest BCUT2D eigenvalue weighted by molar-refractivity contribution is 5.92. The summed E-state index contributed by atoms with van der Waals surface area (Å²) in [7, 11) is 0. The molecule has 1 aromatic heterocycles. The first-order valence-electron chi connectivity index (χ1n) is 9.33. The van der Waals surface area contributed by atoms with Crippen LogP contribution in [0.1, 0.15) is 11.1 Å². The summed E-state index contributed by atoms with van der Waals surface area (Å²) in [4.78, 5) is 16.8. The smallest absolute Gasteiger partial charge is 0.228 e. The van der Waals surface area contributed by atoms with Gasteiger partial charge in [-0.15, -0.1) is 0 Å². The van der Waals surface area contributed by atoms with Gasteiger partial charge in [-0.05, 0) is 53.6 Å². The van der Waals surface area contributed by atoms with E-state index in [1.54, 1.807) is 0 Å². The molecule has 5 heteroatoms. The number of hydrogen-bond donors (Lipinski definition) is 1. The summed E-state index contributed by atoms with van der Waals surface area (Å²) in [5.74, 6) is 0.909. The third-order valence-electron chi connectivity index (χ3n) is 5.00. The zero-order chi connectivity index (χ0) is 18.9. The van der Waals surface area contributed by atoms with Crippen LogP contribution < -0.4 is 10.1 Å². The average Bonchev–Trinajstić information content (AvgIpc) is 3.35. The number of aromatic nitrogens is 2. The third kappa shape index (κ3) is 3.11. The molecule has 0 fully saturated rings. The highest BCUT2D eigenvalue weighted by atomic mass is 16.5. The second-order valence-electron chi connectivity index (χ2n) is 6.92. The number of carbonyl (C=O) groups is 1. The van der Waals surface area contributed by atoms with Gasteiger partial charge in [0.05, 0.1) is 24.1 Å². The van der Waals surface area contributed by atoms with Gasteiger partial charge < -0.3 is 10.1 Å². The minimum Gasteiger partial charge on any atom is -0.493 e. The predicted octanol–water partition coefficient (Wildman–Crippen LogP) is 4.14. The minimum absolute atomic E-state index is 0.0281. The Hall–Kier alpha value is -3.60. The molecule has 138 valence electrons. The molecule has 1 aliphatic rings. The Balaban J connectivity index is 1.29. The van der Waals surface area contributed by atoms with E-state index in [1.807, 2.05) is 71.6 Å². The van der Waals surface area contributed by atoms with Crippen molar-refractivity contribution in [2.45, 2.75) is 12.8 Å². The number of nitrogens with one attached hydrogen (secondary N) is 1. The standard InChI is InChI=1S/C23H19N3O2/c27-23(14-16-5-10-22-17(13-16)11-12-28-22)25-18-6-8-19(9-7-18)26-15-24-20-3-1-2-4-21(20)26/h1-10,13,15H,11-12,14H2,(H,25,27). The van der Waals surface area contributed by atoms with Crippen LogP contribution in [-0.4, -0.2) is 22.1 Å². The zero-order valence-corrected chi connectivity index (χ0v) is 15.3. The monoisotopic (exact) mass is 369 g/mol. The fourth-order valence-corrected chi connectivity index (χ4v) is 3.61. The molecule has 5 rings (SSSR count). The predicted molar refractivity (Wildman–Crippen MR) is 109 cm³/mol. The van der Waals surface area contributed by atoms with Gasteiger partial charge in [0, 0.05) is 17.8 Å². The molecule has 2 heterocycles. The Kier molecular flexibility index (Phi) is 4.05. The molecular formula is C23H19N3O2. The summed E-state index contributed by atoms with van der Waals surface area (Å²) in [5, 5.41) is 2.97. The van der Waals surface area contributed by atoms with E-state index in [-0.39, 0.29) is 5.91 Å². The van der Waals surface area contributed by atoms with Crippen LogP contribution in [0.15, 0.2) is 73.1 Å². The molecule has 1 amide bonds. The zero-order valence-electron chi connectivity index (χ0n) is 15.3. The number of hydrogen-bond acceptors (Lipinski definition) is 3. The van der Waals surface area contributed by atoms with E-state index in [9.17, 15) is 4.79 Å². The van der Waals surface area contributed by atoms with E-state index in [4.69, 9.17) is 4.74 Å². The van der Waals surface area contributed by atoms with Crippen LogP contribution in [0.5, 0.6) is 5.75 Å². The Labute approximate surface area is 162 Å². The lowest BCUT2D eigenvalue weighted by Gasteiger charge is -2.09. The number of rotatable bonds is 4. The van der Waals surface area contributed by atoms with Crippen LogP contribution in [0.2, 0.25) is 0 Å². The van der Waals surface area contributed by atoms with Crippen molar-refractivity contribution in [2.24, 2.45) is 0 Å². The molecule has 3 aromatic carbocycles. The molecular weight excluding hydrogens is 350 g/mol. The maximum atomic E-state index is 12.4. The van der Waals surface area contributed by atoms with Crippen LogP contribution in [0.25, 0.3) is 16.7 Å². The minimum atomic E-state index is -0.0281. The quantitative estimate of drug-likeness (QED) is 0.588. The molecule has 28 heavy (non-hydrogen) atoms. The van der Waals surface area contributed by atoms with E-state index in [0.29, 0.717) is 6.42 Å². The van der Waals surface area contributed by atoms with Crippen molar-refractivity contribution in [3.8, 4) is 11.4 Å². The summed E-state index contributed by atoms with van der Waals surface area (Å²) in [5.41, 5.74) is 5.98. The number of imidazole rings is 1. The topological polar surface area (TPSA) is 56.1 Å². The van der Waals surface area contributed by atoms with Crippen molar-refractivity contribution in [1.82, 2.24) is 9.55 Å². The van der Waals surface area contributed by atoms with Crippen molar-refractivity contribution < 1.29 is 9.53 Å². The van der Waals surface area contributed by atoms with E-state index < -0.39 is 0 Å². The van der Waals surface area contributed by atoms with Crippen LogP contribution in [-0.2, 0) is 17.6 Å². The molecule has 0 aliphatic carbocycles. The van der Waals surface area contributed by atoms with E-state index in [2.05, 4.69) is 16.4 Å². The number of anilines is 1. The summed E-state index contributed by atoms with van der Waals surface area (Å²) in [6, 6.07) is 21.8. The van der Waals surface area contributed by atoms with Crippen LogP contribution in [0.3, 0.4) is 0 Å². The fraction of sp³-hybridized carbons (Fsp3) is 0.130. The molecule has 0 bridgehead atoms. The average molecular weight is 369 g/mol. The van der Waals surface area contributed by atoms with Gasteiger partial charge in [-0.3, -0.25) is 9.36 Å². The maximum absolute atomic E-state index is 12.4. The summed E-state index contributed by atoms with van der Waals surface area (Å²) in [6.07, 6.45) is 3.08. The number of amides is 1. The normalized spacial score (nSPS) is 12.6. The largest absolute Gasteiger partial charge is 0.493 e. The third-order valence-corrected chi connectivity index (χ3v) is 5.00. The van der Waals surface area contributed by atoms with Gasteiger partial charge in [-0.1, -0.05) is 24.3 Å². The van der Waals surface area contributed by atoms with Crippen LogP contribution >= 0.6 is 0 Å². The van der Waals surface area contributed by atoms with Gasteiger partial charge in [-0.2, -0.15) is 0 Å². The van der Waals surface area contributed by atoms with Crippen LogP contribution in [0, 0.1) is 0 Å². The number of ether oxygens (including phenoxy) is 1. The van der Waals surface area contributed by atoms with E-state index in [1.165, 1.54) is 5.56 Å². The number of para-hydroxylation sites is 2. The highest BCUT2D eigenvalue weighted by Crippen LogP contribution is 2.26. The molecule has 0 saturated carbocycles. The van der Waals surface area contributed by atoms with E-state index in [0.717, 1.165) is 46.7 Å². The van der Waals surface area contributed by atoms with Crippen molar-refractivity contribution in [3.63, 3.8) is 0 Å². The molecule has 0 saturated heterocycles. The first-order valence-corrected chi connectivity index (χ1v) is 9.33. The van der Waals surface area contributed by atoms with Gasteiger partial charge >= 0.3 is 0 Å². The summed E-state index contributed by atoms with van der Waals surface area (Å²) < 4.78 is 7.55. The number of fused-ring (bicyclic) bond motifs is 2. The lowest BCUT2D eigenvalue weighted by Crippen LogP contribution is -2.14. The van der Waals surface area contributed by atoms with Crippen molar-refractivity contribution in [2.75, 3.05) is 11.9 Å². The molecule has 0 atom stereocenters. The van der Waals surface area contributed by atoms with Gasteiger partial charge in [0.25, 0.3) is 0 Å². The first-order chi connectivity index (χ1) is 13.8. The Morgan fingerprint density at radius 1 is 1.07 bits per heavy atom. The summed E-state index contributed by atoms with van der Waals surface area (Å²) in [6.45, 7) is 0.726. The van der Waals surface area contributed by atoms with Gasteiger partial charge in [0.1, 0.15) is 12.1 Å². The highest BCUT2D eigenvalue weighted by Gasteiger charge is 2.13. The summed E-state index contributed by atoms with van der Waals surface area (Å²) >= 11 is 0. The Morgan fingerprint density at radius 3 is 2.82 bits per heavy atom. The molecule has 0 radical (unpaired) electrons. The number of benzene rings is 3. The number of carbonyl (C=O) groups excluding carboxylic acids is 1. The SMILES string of the molecule is O=C(Cc1ccc2c(c1)CCO2)Nc1ccc(-n2cnc3ccccc32)cc1. The van der Waals surface area contributed by atoms with Crippen molar-refractivity contribution in [1.29, 1.82) is 0 Å². The fourth-order valence-electron chi connectivity index (χ4n) is 3.61. The second kappa shape index (κ2) is 6.85. The van der Waals surface area contributed by atoms with Crippen molar-refractivity contribution >= 4 is 22.6 Å². The van der Waals surface area contributed by atoms with E-state index >= 15 is 0 Å². The first kappa shape index (κ1) is 16.6.